The van der Waals surface area contributed by atoms with E-state index in [4.69, 9.17) is 0 Å². The summed E-state index contributed by atoms with van der Waals surface area (Å²) in [6, 6.07) is 0.768. The van der Waals surface area contributed by atoms with E-state index in [0.29, 0.717) is 0 Å². The molecule has 1 aliphatic carbocycles. The van der Waals surface area contributed by atoms with E-state index < -0.39 is 0 Å². The molecule has 1 nitrogen and oxygen atoms in total. The monoisotopic (exact) mass is 167 g/mol. The van der Waals surface area contributed by atoms with Gasteiger partial charge in [0.05, 0.1) is 0 Å². The van der Waals surface area contributed by atoms with Crippen molar-refractivity contribution in [2.24, 2.45) is 11.8 Å². The number of hydrogen-bond acceptors (Lipinski definition) is 1. The van der Waals surface area contributed by atoms with E-state index >= 15 is 0 Å². The van der Waals surface area contributed by atoms with Crippen molar-refractivity contribution in [2.45, 2.75) is 45.6 Å². The normalized spacial score (nSPS) is 37.2. The highest BCUT2D eigenvalue weighted by Gasteiger charge is 2.30. The zero-order chi connectivity index (χ0) is 8.55. The summed E-state index contributed by atoms with van der Waals surface area (Å²) >= 11 is 0. The van der Waals surface area contributed by atoms with E-state index in [1.54, 1.807) is 0 Å². The molecule has 2 atom stereocenters. The van der Waals surface area contributed by atoms with E-state index in [1.807, 2.05) is 0 Å². The number of rotatable bonds is 1. The molecule has 70 valence electrons. The molecule has 0 aromatic carbocycles. The molecule has 0 spiro atoms. The van der Waals surface area contributed by atoms with Crippen LogP contribution in [-0.4, -0.2) is 24.0 Å². The highest BCUT2D eigenvalue weighted by Crippen LogP contribution is 2.36. The van der Waals surface area contributed by atoms with Crippen LogP contribution >= 0.6 is 0 Å². The Balaban J connectivity index is 1.96. The lowest BCUT2D eigenvalue weighted by molar-refractivity contribution is 0.193. The Hall–Kier alpha value is -0.0400. The summed E-state index contributed by atoms with van der Waals surface area (Å²) in [5.41, 5.74) is 0. The minimum atomic E-state index is 0.768. The highest BCUT2D eigenvalue weighted by atomic mass is 15.1. The average Bonchev–Trinajstić information content (AvgIpc) is 2.29. The van der Waals surface area contributed by atoms with Crippen molar-refractivity contribution in [3.05, 3.63) is 0 Å². The van der Waals surface area contributed by atoms with Crippen molar-refractivity contribution in [1.82, 2.24) is 4.90 Å². The topological polar surface area (TPSA) is 3.24 Å². The molecule has 1 aliphatic heterocycles. The summed E-state index contributed by atoms with van der Waals surface area (Å²) in [5, 5.41) is 0. The molecule has 12 heavy (non-hydrogen) atoms. The summed E-state index contributed by atoms with van der Waals surface area (Å²) in [4.78, 5) is 2.67. The summed E-state index contributed by atoms with van der Waals surface area (Å²) in [5.74, 6) is 2.12. The molecule has 1 saturated heterocycles. The largest absolute Gasteiger partial charge is 0.301 e. The minimum Gasteiger partial charge on any atom is -0.301 e. The van der Waals surface area contributed by atoms with Gasteiger partial charge in [-0.25, -0.2) is 0 Å². The van der Waals surface area contributed by atoms with Gasteiger partial charge < -0.3 is 4.90 Å². The molecule has 0 N–H and O–H groups in total. The van der Waals surface area contributed by atoms with Crippen molar-refractivity contribution in [3.63, 3.8) is 0 Å². The molecule has 0 aromatic rings. The molecular formula is C11H21N. The lowest BCUT2D eigenvalue weighted by Crippen LogP contribution is -2.34. The maximum Gasteiger partial charge on any atom is 0.00387 e. The van der Waals surface area contributed by atoms with Gasteiger partial charge in [-0.05, 0) is 51.5 Å². The van der Waals surface area contributed by atoms with Crippen LogP contribution in [0.5, 0.6) is 0 Å². The van der Waals surface area contributed by atoms with Gasteiger partial charge in [-0.3, -0.25) is 0 Å². The molecule has 2 aliphatic rings. The van der Waals surface area contributed by atoms with Crippen LogP contribution < -0.4 is 0 Å². The maximum atomic E-state index is 2.67. The molecule has 2 rings (SSSR count). The van der Waals surface area contributed by atoms with E-state index in [2.05, 4.69) is 18.7 Å². The first kappa shape index (κ1) is 8.55. The molecule has 2 bridgehead atoms. The van der Waals surface area contributed by atoms with Crippen LogP contribution in [0.4, 0.5) is 0 Å². The lowest BCUT2D eigenvalue weighted by atomic mass is 10.0. The van der Waals surface area contributed by atoms with Gasteiger partial charge in [0, 0.05) is 12.6 Å². The first-order chi connectivity index (χ1) is 5.75. The fourth-order valence-electron chi connectivity index (χ4n) is 2.85. The number of hydrogen-bond donors (Lipinski definition) is 0. The number of likely N-dealkylation sites (tertiary alicyclic amines) is 1. The Labute approximate surface area is 76.1 Å². The van der Waals surface area contributed by atoms with Gasteiger partial charge >= 0.3 is 0 Å². The van der Waals surface area contributed by atoms with Crippen LogP contribution in [0.3, 0.4) is 0 Å². The Bertz CT molecular complexity index is 153. The average molecular weight is 167 g/mol. The van der Waals surface area contributed by atoms with Crippen LogP contribution in [-0.2, 0) is 0 Å². The van der Waals surface area contributed by atoms with E-state index in [1.165, 1.54) is 38.8 Å². The second-order valence-electron chi connectivity index (χ2n) is 4.92. The quantitative estimate of drug-likeness (QED) is 0.580. The zero-order valence-corrected chi connectivity index (χ0v) is 8.42. The van der Waals surface area contributed by atoms with Gasteiger partial charge in [0.25, 0.3) is 0 Å². The van der Waals surface area contributed by atoms with Crippen molar-refractivity contribution >= 4 is 0 Å². The van der Waals surface area contributed by atoms with E-state index in [9.17, 15) is 0 Å². The smallest absolute Gasteiger partial charge is 0.00387 e. The van der Waals surface area contributed by atoms with Gasteiger partial charge in [-0.1, -0.05) is 6.42 Å². The highest BCUT2D eigenvalue weighted by molar-refractivity contribution is 4.83. The first-order valence-electron chi connectivity index (χ1n) is 5.49. The van der Waals surface area contributed by atoms with Gasteiger partial charge in [0.1, 0.15) is 0 Å². The summed E-state index contributed by atoms with van der Waals surface area (Å²) in [7, 11) is 0. The molecule has 0 amide bonds. The zero-order valence-electron chi connectivity index (χ0n) is 8.42. The Morgan fingerprint density at radius 2 is 1.83 bits per heavy atom. The SMILES string of the molecule is CC(C)N1CCC2CCC(C2)C1. The standard InChI is InChI=1S/C11H21N/c1-9(2)12-6-5-10-3-4-11(7-10)8-12/h9-11H,3-8H2,1-2H3. The van der Waals surface area contributed by atoms with Gasteiger partial charge in [-0.15, -0.1) is 0 Å². The Kier molecular flexibility index (Phi) is 2.40. The molecule has 1 heterocycles. The fraction of sp³-hybridized carbons (Fsp3) is 1.00. The Morgan fingerprint density at radius 3 is 2.58 bits per heavy atom. The number of nitrogens with zero attached hydrogens (tertiary/aromatic N) is 1. The minimum absolute atomic E-state index is 0.768. The third-order valence-electron chi connectivity index (χ3n) is 3.70. The second kappa shape index (κ2) is 3.37. The third-order valence-corrected chi connectivity index (χ3v) is 3.70. The third kappa shape index (κ3) is 1.66. The van der Waals surface area contributed by atoms with Crippen molar-refractivity contribution in [2.75, 3.05) is 13.1 Å². The summed E-state index contributed by atoms with van der Waals surface area (Å²) in [6.45, 7) is 7.41. The van der Waals surface area contributed by atoms with Crippen LogP contribution in [0.25, 0.3) is 0 Å². The summed E-state index contributed by atoms with van der Waals surface area (Å²) in [6.07, 6.45) is 6.03. The fourth-order valence-corrected chi connectivity index (χ4v) is 2.85. The molecule has 0 radical (unpaired) electrons. The van der Waals surface area contributed by atoms with E-state index in [-0.39, 0.29) is 0 Å². The molecule has 1 heteroatoms. The molecular weight excluding hydrogens is 146 g/mol. The van der Waals surface area contributed by atoms with Crippen LogP contribution in [0, 0.1) is 11.8 Å². The Morgan fingerprint density at radius 1 is 1.08 bits per heavy atom. The molecule has 0 aromatic heterocycles. The first-order valence-corrected chi connectivity index (χ1v) is 5.49. The van der Waals surface area contributed by atoms with Crippen LogP contribution in [0.2, 0.25) is 0 Å². The molecule has 1 saturated carbocycles. The molecule has 2 unspecified atom stereocenters. The summed E-state index contributed by atoms with van der Waals surface area (Å²) < 4.78 is 0. The van der Waals surface area contributed by atoms with Crippen molar-refractivity contribution < 1.29 is 0 Å². The molecule has 2 fully saturated rings. The van der Waals surface area contributed by atoms with Gasteiger partial charge in [0.2, 0.25) is 0 Å². The van der Waals surface area contributed by atoms with E-state index in [0.717, 1.165) is 17.9 Å². The van der Waals surface area contributed by atoms with Crippen molar-refractivity contribution in [3.8, 4) is 0 Å². The van der Waals surface area contributed by atoms with Gasteiger partial charge in [0.15, 0.2) is 0 Å². The predicted octanol–water partition coefficient (Wildman–Crippen LogP) is 2.52. The second-order valence-corrected chi connectivity index (χ2v) is 4.92. The number of fused-ring (bicyclic) bond motifs is 2. The van der Waals surface area contributed by atoms with Crippen molar-refractivity contribution in [1.29, 1.82) is 0 Å². The predicted molar refractivity (Wildman–Crippen MR) is 52.2 cm³/mol. The van der Waals surface area contributed by atoms with Crippen LogP contribution in [0.15, 0.2) is 0 Å². The van der Waals surface area contributed by atoms with Gasteiger partial charge in [-0.2, -0.15) is 0 Å². The maximum absolute atomic E-state index is 2.67. The van der Waals surface area contributed by atoms with Crippen LogP contribution in [0.1, 0.15) is 39.5 Å². The lowest BCUT2D eigenvalue weighted by Gasteiger charge is -2.28.